The van der Waals surface area contributed by atoms with Crippen molar-refractivity contribution in [2.45, 2.75) is 12.1 Å². The van der Waals surface area contributed by atoms with Crippen LogP contribution in [0.2, 0.25) is 0 Å². The van der Waals surface area contributed by atoms with Crippen molar-refractivity contribution in [2.24, 2.45) is 0 Å². The summed E-state index contributed by atoms with van der Waals surface area (Å²) in [6.45, 7) is 1.96. The van der Waals surface area contributed by atoms with E-state index in [4.69, 9.17) is 0 Å². The lowest BCUT2D eigenvalue weighted by molar-refractivity contribution is 0.826. The standard InChI is InChI=1S/C9H9N3S2/c1-6-8(7-4-3-5-14-7)11-12-9(10-6)13-2/h3-5H,1-2H3. The van der Waals surface area contributed by atoms with Gasteiger partial charge in [-0.1, -0.05) is 17.8 Å². The molecule has 2 aromatic rings. The minimum Gasteiger partial charge on any atom is -0.224 e. The fraction of sp³-hybridized carbons (Fsp3) is 0.222. The van der Waals surface area contributed by atoms with Crippen molar-refractivity contribution in [1.82, 2.24) is 15.2 Å². The van der Waals surface area contributed by atoms with Crippen LogP contribution in [0.25, 0.3) is 10.6 Å². The number of aromatic nitrogens is 3. The largest absolute Gasteiger partial charge is 0.224 e. The highest BCUT2D eigenvalue weighted by Gasteiger charge is 2.07. The molecule has 0 aromatic carbocycles. The topological polar surface area (TPSA) is 38.7 Å². The van der Waals surface area contributed by atoms with Gasteiger partial charge in [0.2, 0.25) is 5.16 Å². The maximum Gasteiger partial charge on any atom is 0.209 e. The lowest BCUT2D eigenvalue weighted by Gasteiger charge is -2.01. The van der Waals surface area contributed by atoms with Gasteiger partial charge in [-0.25, -0.2) is 4.98 Å². The Hall–Kier alpha value is -0.940. The van der Waals surface area contributed by atoms with Crippen molar-refractivity contribution in [3.63, 3.8) is 0 Å². The first kappa shape index (κ1) is 9.61. The summed E-state index contributed by atoms with van der Waals surface area (Å²) in [6.07, 6.45) is 1.95. The quantitative estimate of drug-likeness (QED) is 0.734. The summed E-state index contributed by atoms with van der Waals surface area (Å²) in [7, 11) is 0. The highest BCUT2D eigenvalue weighted by molar-refractivity contribution is 7.98. The Morgan fingerprint density at radius 2 is 2.21 bits per heavy atom. The second-order valence-corrected chi connectivity index (χ2v) is 4.43. The molecule has 72 valence electrons. The fourth-order valence-electron chi connectivity index (χ4n) is 1.11. The number of aryl methyl sites for hydroxylation is 1. The number of hydrogen-bond acceptors (Lipinski definition) is 5. The minimum atomic E-state index is 0.725. The van der Waals surface area contributed by atoms with Crippen molar-refractivity contribution >= 4 is 23.1 Å². The first-order valence-electron chi connectivity index (χ1n) is 4.10. The SMILES string of the molecule is CSc1nnc(-c2cccs2)c(C)n1. The molecule has 2 rings (SSSR count). The molecule has 0 N–H and O–H groups in total. The van der Waals surface area contributed by atoms with E-state index in [1.807, 2.05) is 30.7 Å². The average molecular weight is 223 g/mol. The third kappa shape index (κ3) is 1.78. The van der Waals surface area contributed by atoms with Crippen LogP contribution < -0.4 is 0 Å². The van der Waals surface area contributed by atoms with E-state index in [9.17, 15) is 0 Å². The summed E-state index contributed by atoms with van der Waals surface area (Å²) < 4.78 is 0. The van der Waals surface area contributed by atoms with E-state index in [0.29, 0.717) is 0 Å². The second kappa shape index (κ2) is 4.06. The number of rotatable bonds is 2. The molecule has 2 heterocycles. The molecule has 0 aliphatic carbocycles. The molecular weight excluding hydrogens is 214 g/mol. The van der Waals surface area contributed by atoms with E-state index < -0.39 is 0 Å². The molecule has 3 nitrogen and oxygen atoms in total. The lowest BCUT2D eigenvalue weighted by Crippen LogP contribution is -1.96. The molecule has 0 spiro atoms. The maximum atomic E-state index is 4.34. The monoisotopic (exact) mass is 223 g/mol. The van der Waals surface area contributed by atoms with Crippen molar-refractivity contribution in [1.29, 1.82) is 0 Å². The smallest absolute Gasteiger partial charge is 0.209 e. The molecule has 0 fully saturated rings. The van der Waals surface area contributed by atoms with Gasteiger partial charge in [-0.05, 0) is 24.6 Å². The Kier molecular flexibility index (Phi) is 2.79. The van der Waals surface area contributed by atoms with Crippen LogP contribution >= 0.6 is 23.1 Å². The molecule has 0 radical (unpaired) electrons. The van der Waals surface area contributed by atoms with Crippen LogP contribution in [0, 0.1) is 6.92 Å². The van der Waals surface area contributed by atoms with E-state index in [1.165, 1.54) is 11.8 Å². The van der Waals surface area contributed by atoms with Crippen LogP contribution in [0.15, 0.2) is 22.7 Å². The van der Waals surface area contributed by atoms with E-state index in [0.717, 1.165) is 21.4 Å². The molecular formula is C9H9N3S2. The third-order valence-electron chi connectivity index (χ3n) is 1.78. The van der Waals surface area contributed by atoms with Gasteiger partial charge in [0, 0.05) is 0 Å². The van der Waals surface area contributed by atoms with Crippen LogP contribution in [0.4, 0.5) is 0 Å². The molecule has 2 aromatic heterocycles. The minimum absolute atomic E-state index is 0.725. The highest BCUT2D eigenvalue weighted by Crippen LogP contribution is 2.24. The number of nitrogens with zero attached hydrogens (tertiary/aromatic N) is 3. The Balaban J connectivity index is 2.46. The van der Waals surface area contributed by atoms with Crippen LogP contribution in [0.5, 0.6) is 0 Å². The van der Waals surface area contributed by atoms with Crippen molar-refractivity contribution < 1.29 is 0 Å². The van der Waals surface area contributed by atoms with Gasteiger partial charge >= 0.3 is 0 Å². The van der Waals surface area contributed by atoms with Crippen LogP contribution in [0.1, 0.15) is 5.69 Å². The summed E-state index contributed by atoms with van der Waals surface area (Å²) >= 11 is 3.16. The first-order valence-corrected chi connectivity index (χ1v) is 6.21. The zero-order valence-corrected chi connectivity index (χ0v) is 9.52. The van der Waals surface area contributed by atoms with Crippen LogP contribution in [-0.4, -0.2) is 21.4 Å². The van der Waals surface area contributed by atoms with Gasteiger partial charge in [0.15, 0.2) is 0 Å². The molecule has 0 saturated carbocycles. The molecule has 0 aliphatic rings. The summed E-state index contributed by atoms with van der Waals surface area (Å²) in [6, 6.07) is 4.03. The van der Waals surface area contributed by atoms with Crippen LogP contribution in [-0.2, 0) is 0 Å². The molecule has 0 atom stereocenters. The number of hydrogen-bond donors (Lipinski definition) is 0. The summed E-state index contributed by atoms with van der Waals surface area (Å²) in [4.78, 5) is 5.46. The predicted molar refractivity (Wildman–Crippen MR) is 59.7 cm³/mol. The first-order chi connectivity index (χ1) is 6.81. The number of thiophene rings is 1. The van der Waals surface area contributed by atoms with Gasteiger partial charge in [0.25, 0.3) is 0 Å². The summed E-state index contributed by atoms with van der Waals surface area (Å²) in [5.74, 6) is 0. The fourth-order valence-corrected chi connectivity index (χ4v) is 2.22. The van der Waals surface area contributed by atoms with Crippen molar-refractivity contribution in [3.8, 4) is 10.6 Å². The Labute approximate surface area is 90.6 Å². The second-order valence-electron chi connectivity index (χ2n) is 2.71. The Morgan fingerprint density at radius 1 is 1.36 bits per heavy atom. The number of thioether (sulfide) groups is 1. The van der Waals surface area contributed by atoms with Crippen LogP contribution in [0.3, 0.4) is 0 Å². The van der Waals surface area contributed by atoms with E-state index in [1.54, 1.807) is 11.3 Å². The van der Waals surface area contributed by atoms with E-state index in [-0.39, 0.29) is 0 Å². The predicted octanol–water partition coefficient (Wildman–Crippen LogP) is 2.63. The lowest BCUT2D eigenvalue weighted by atomic mass is 10.3. The van der Waals surface area contributed by atoms with E-state index >= 15 is 0 Å². The molecule has 0 bridgehead atoms. The summed E-state index contributed by atoms with van der Waals surface area (Å²) in [5, 5.41) is 10.9. The van der Waals surface area contributed by atoms with Crippen molar-refractivity contribution in [2.75, 3.05) is 6.26 Å². The van der Waals surface area contributed by atoms with Crippen molar-refractivity contribution in [3.05, 3.63) is 23.2 Å². The zero-order valence-electron chi connectivity index (χ0n) is 7.89. The highest BCUT2D eigenvalue weighted by atomic mass is 32.2. The average Bonchev–Trinajstić information content (AvgIpc) is 2.70. The molecule has 0 saturated heterocycles. The molecule has 0 unspecified atom stereocenters. The van der Waals surface area contributed by atoms with Gasteiger partial charge in [-0.3, -0.25) is 0 Å². The van der Waals surface area contributed by atoms with Gasteiger partial charge in [-0.15, -0.1) is 21.5 Å². The van der Waals surface area contributed by atoms with Gasteiger partial charge in [-0.2, -0.15) is 0 Å². The molecule has 14 heavy (non-hydrogen) atoms. The Morgan fingerprint density at radius 3 is 2.79 bits per heavy atom. The van der Waals surface area contributed by atoms with E-state index in [2.05, 4.69) is 15.2 Å². The third-order valence-corrected chi connectivity index (χ3v) is 3.19. The normalized spacial score (nSPS) is 10.4. The van der Waals surface area contributed by atoms with Gasteiger partial charge in [0.05, 0.1) is 10.6 Å². The molecule has 0 aliphatic heterocycles. The Bertz CT molecular complexity index is 426. The maximum absolute atomic E-state index is 4.34. The zero-order chi connectivity index (χ0) is 9.97. The molecule has 5 heteroatoms. The summed E-state index contributed by atoms with van der Waals surface area (Å²) in [5.41, 5.74) is 1.82. The molecule has 0 amide bonds. The van der Waals surface area contributed by atoms with Gasteiger partial charge in [0.1, 0.15) is 5.69 Å². The van der Waals surface area contributed by atoms with Gasteiger partial charge < -0.3 is 0 Å².